The van der Waals surface area contributed by atoms with Crippen molar-refractivity contribution in [3.63, 3.8) is 0 Å². The lowest BCUT2D eigenvalue weighted by Crippen LogP contribution is -2.18. The topological polar surface area (TPSA) is 86.1 Å². The third kappa shape index (κ3) is 4.34. The molecule has 4 aromatic heterocycles. The van der Waals surface area contributed by atoms with Gasteiger partial charge in [0.25, 0.3) is 0 Å². The van der Waals surface area contributed by atoms with Crippen LogP contribution in [0.5, 0.6) is 0 Å². The number of imidazole rings is 1. The fourth-order valence-electron chi connectivity index (χ4n) is 3.54. The van der Waals surface area contributed by atoms with E-state index in [4.69, 9.17) is 8.83 Å². The number of hydrogen-bond donors (Lipinski definition) is 1. The Balaban J connectivity index is 1.44. The Kier molecular flexibility index (Phi) is 5.48. The van der Waals surface area contributed by atoms with Crippen LogP contribution in [-0.2, 0) is 23.9 Å². The molecular weight excluding hydrogens is 469 g/mol. The number of oxazole rings is 1. The fourth-order valence-corrected chi connectivity index (χ4v) is 4.19. The van der Waals surface area contributed by atoms with Gasteiger partial charge in [-0.25, -0.2) is 9.97 Å². The van der Waals surface area contributed by atoms with Crippen molar-refractivity contribution in [2.75, 3.05) is 5.32 Å². The normalized spacial score (nSPS) is 11.9. The lowest BCUT2D eigenvalue weighted by Gasteiger charge is -2.09. The van der Waals surface area contributed by atoms with E-state index >= 15 is 0 Å². The van der Waals surface area contributed by atoms with E-state index in [1.807, 2.05) is 17.5 Å². The van der Waals surface area contributed by atoms with Gasteiger partial charge in [-0.1, -0.05) is 6.07 Å². The van der Waals surface area contributed by atoms with Gasteiger partial charge in [-0.15, -0.1) is 11.3 Å². The Morgan fingerprint density at radius 3 is 2.74 bits per heavy atom. The highest BCUT2D eigenvalue weighted by Gasteiger charge is 2.31. The average molecular weight is 486 g/mol. The summed E-state index contributed by atoms with van der Waals surface area (Å²) in [4.78, 5) is 22.4. The zero-order valence-electron chi connectivity index (χ0n) is 17.7. The number of alkyl halides is 3. The molecule has 0 radical (unpaired) electrons. The maximum atomic E-state index is 13.2. The average Bonchev–Trinajstić information content (AvgIpc) is 3.57. The van der Waals surface area contributed by atoms with E-state index in [0.29, 0.717) is 28.6 Å². The van der Waals surface area contributed by atoms with Crippen LogP contribution in [0.25, 0.3) is 21.8 Å². The summed E-state index contributed by atoms with van der Waals surface area (Å²) >= 11 is 1.47. The molecule has 0 aliphatic carbocycles. The number of furan rings is 1. The highest BCUT2D eigenvalue weighted by Crippen LogP contribution is 2.32. The van der Waals surface area contributed by atoms with Crippen LogP contribution in [-0.4, -0.2) is 20.4 Å². The summed E-state index contributed by atoms with van der Waals surface area (Å²) in [7, 11) is 0. The zero-order valence-corrected chi connectivity index (χ0v) is 18.5. The van der Waals surface area contributed by atoms with Gasteiger partial charge in [-0.3, -0.25) is 10.1 Å². The number of carbonyl (C=O) groups excluding carboxylic acids is 1. The molecule has 1 amide bonds. The summed E-state index contributed by atoms with van der Waals surface area (Å²) in [6.07, 6.45) is -3.10. The number of benzene rings is 1. The molecule has 5 aromatic rings. The number of rotatable bonds is 6. The quantitative estimate of drug-likeness (QED) is 0.323. The predicted molar refractivity (Wildman–Crippen MR) is 119 cm³/mol. The molecular formula is C23H17F3N4O3S. The Bertz CT molecular complexity index is 1450. The molecule has 4 heterocycles. The van der Waals surface area contributed by atoms with E-state index in [9.17, 15) is 18.0 Å². The standard InChI is InChI=1S/C23H17F3N4O3S/c1-13-16(27-21(33-13)19-5-3-9-34-19)11-20(31)29-22-28-17-10-14(23(24,25)26)6-7-18(17)30(22)12-15-4-2-8-32-15/h2-10H,11-12H2,1H3,(H,28,29,31). The Morgan fingerprint density at radius 2 is 2.03 bits per heavy atom. The number of nitrogens with zero attached hydrogens (tertiary/aromatic N) is 3. The number of carbonyl (C=O) groups is 1. The summed E-state index contributed by atoms with van der Waals surface area (Å²) < 4.78 is 52.2. The molecule has 0 unspecified atom stereocenters. The largest absolute Gasteiger partial charge is 0.467 e. The number of thiophene rings is 1. The van der Waals surface area contributed by atoms with Crippen molar-refractivity contribution in [3.8, 4) is 10.8 Å². The number of amides is 1. The molecule has 0 aliphatic heterocycles. The van der Waals surface area contributed by atoms with E-state index in [1.54, 1.807) is 23.6 Å². The first-order valence-corrected chi connectivity index (χ1v) is 11.1. The minimum absolute atomic E-state index is 0.0849. The molecule has 5 rings (SSSR count). The molecule has 0 saturated heterocycles. The predicted octanol–water partition coefficient (Wildman–Crippen LogP) is 5.90. The summed E-state index contributed by atoms with van der Waals surface area (Å²) in [6, 6.07) is 10.4. The van der Waals surface area contributed by atoms with Crippen LogP contribution in [0.15, 0.2) is 62.9 Å². The van der Waals surface area contributed by atoms with Gasteiger partial charge in [0.05, 0.1) is 46.4 Å². The van der Waals surface area contributed by atoms with Crippen molar-refractivity contribution in [1.29, 1.82) is 0 Å². The number of aryl methyl sites for hydroxylation is 1. The van der Waals surface area contributed by atoms with E-state index in [0.717, 1.165) is 17.0 Å². The van der Waals surface area contributed by atoms with E-state index in [-0.39, 0.29) is 24.4 Å². The Hall–Kier alpha value is -3.86. The van der Waals surface area contributed by atoms with Crippen LogP contribution < -0.4 is 5.32 Å². The SMILES string of the molecule is Cc1oc(-c2cccs2)nc1CC(=O)Nc1nc2cc(C(F)(F)F)ccc2n1Cc1ccco1. The summed E-state index contributed by atoms with van der Waals surface area (Å²) in [5.74, 6) is 1.18. The van der Waals surface area contributed by atoms with E-state index in [1.165, 1.54) is 23.7 Å². The molecule has 0 fully saturated rings. The van der Waals surface area contributed by atoms with Gasteiger partial charge < -0.3 is 13.4 Å². The molecule has 1 N–H and O–H groups in total. The maximum absolute atomic E-state index is 13.2. The second-order valence-electron chi connectivity index (χ2n) is 7.53. The minimum Gasteiger partial charge on any atom is -0.467 e. The molecule has 7 nitrogen and oxygen atoms in total. The first kappa shape index (κ1) is 22.0. The number of aromatic nitrogens is 3. The molecule has 0 bridgehead atoms. The van der Waals surface area contributed by atoms with Crippen molar-refractivity contribution in [1.82, 2.24) is 14.5 Å². The smallest absolute Gasteiger partial charge is 0.416 e. The number of fused-ring (bicyclic) bond motifs is 1. The first-order chi connectivity index (χ1) is 16.3. The number of halogens is 3. The van der Waals surface area contributed by atoms with Gasteiger partial charge in [0.15, 0.2) is 0 Å². The van der Waals surface area contributed by atoms with Crippen molar-refractivity contribution >= 4 is 34.2 Å². The molecule has 0 spiro atoms. The van der Waals surface area contributed by atoms with Gasteiger partial charge in [0, 0.05) is 0 Å². The highest BCUT2D eigenvalue weighted by atomic mass is 32.1. The summed E-state index contributed by atoms with van der Waals surface area (Å²) in [5, 5.41) is 4.60. The van der Waals surface area contributed by atoms with Crippen LogP contribution in [0.1, 0.15) is 22.8 Å². The molecule has 174 valence electrons. The minimum atomic E-state index is -4.51. The lowest BCUT2D eigenvalue weighted by atomic mass is 10.2. The van der Waals surface area contributed by atoms with Gasteiger partial charge in [0.2, 0.25) is 17.7 Å². The molecule has 0 aliphatic rings. The van der Waals surface area contributed by atoms with Gasteiger partial charge in [-0.05, 0) is 48.7 Å². The molecule has 0 atom stereocenters. The third-order valence-corrected chi connectivity index (χ3v) is 6.03. The maximum Gasteiger partial charge on any atom is 0.416 e. The monoisotopic (exact) mass is 486 g/mol. The van der Waals surface area contributed by atoms with E-state index < -0.39 is 17.6 Å². The third-order valence-electron chi connectivity index (χ3n) is 5.17. The van der Waals surface area contributed by atoms with Gasteiger partial charge >= 0.3 is 6.18 Å². The first-order valence-electron chi connectivity index (χ1n) is 10.2. The van der Waals surface area contributed by atoms with Crippen LogP contribution in [0.4, 0.5) is 19.1 Å². The van der Waals surface area contributed by atoms with Crippen molar-refractivity contribution in [3.05, 3.63) is 76.9 Å². The summed E-state index contributed by atoms with van der Waals surface area (Å²) in [6.45, 7) is 1.90. The number of anilines is 1. The second kappa shape index (κ2) is 8.49. The van der Waals surface area contributed by atoms with Crippen molar-refractivity contribution < 1.29 is 26.8 Å². The zero-order chi connectivity index (χ0) is 23.9. The number of hydrogen-bond acceptors (Lipinski definition) is 6. The summed E-state index contributed by atoms with van der Waals surface area (Å²) in [5.41, 5.74) is 0.181. The lowest BCUT2D eigenvalue weighted by molar-refractivity contribution is -0.137. The van der Waals surface area contributed by atoms with Gasteiger partial charge in [-0.2, -0.15) is 13.2 Å². The van der Waals surface area contributed by atoms with Crippen LogP contribution in [0, 0.1) is 6.92 Å². The Morgan fingerprint density at radius 1 is 1.18 bits per heavy atom. The van der Waals surface area contributed by atoms with Crippen LogP contribution in [0.3, 0.4) is 0 Å². The second-order valence-corrected chi connectivity index (χ2v) is 8.47. The van der Waals surface area contributed by atoms with E-state index in [2.05, 4.69) is 15.3 Å². The molecule has 1 aromatic carbocycles. The van der Waals surface area contributed by atoms with Crippen LogP contribution >= 0.6 is 11.3 Å². The van der Waals surface area contributed by atoms with Crippen LogP contribution in [0.2, 0.25) is 0 Å². The van der Waals surface area contributed by atoms with Gasteiger partial charge in [0.1, 0.15) is 11.5 Å². The Labute approximate surface area is 194 Å². The molecule has 0 saturated carbocycles. The number of nitrogens with one attached hydrogen (secondary N) is 1. The molecule has 11 heteroatoms. The van der Waals surface area contributed by atoms with Crippen molar-refractivity contribution in [2.24, 2.45) is 0 Å². The molecule has 34 heavy (non-hydrogen) atoms. The highest BCUT2D eigenvalue weighted by molar-refractivity contribution is 7.13. The van der Waals surface area contributed by atoms with Crippen molar-refractivity contribution in [2.45, 2.75) is 26.1 Å². The fraction of sp³-hybridized carbons (Fsp3) is 0.174.